The van der Waals surface area contributed by atoms with E-state index in [0.717, 1.165) is 34.6 Å². The van der Waals surface area contributed by atoms with Crippen molar-refractivity contribution in [1.29, 1.82) is 0 Å². The predicted octanol–water partition coefficient (Wildman–Crippen LogP) is 2.89. The highest BCUT2D eigenvalue weighted by Crippen LogP contribution is 2.31. The summed E-state index contributed by atoms with van der Waals surface area (Å²) in [6.07, 6.45) is 3.13. The normalized spacial score (nSPS) is 13.5. The fourth-order valence-electron chi connectivity index (χ4n) is 2.39. The number of pyridine rings is 1. The number of methoxy groups -OCH3 is 1. The Morgan fingerprint density at radius 1 is 1.11 bits per heavy atom. The Morgan fingerprint density at radius 3 is 2.67 bits per heavy atom. The van der Waals surface area contributed by atoms with Gasteiger partial charge in [0.2, 0.25) is 0 Å². The van der Waals surface area contributed by atoms with Gasteiger partial charge in [0.1, 0.15) is 5.75 Å². The molecule has 0 radical (unpaired) electrons. The van der Waals surface area contributed by atoms with Crippen LogP contribution in [-0.4, -0.2) is 17.9 Å². The average molecular weight is 239 g/mol. The molecule has 1 aliphatic carbocycles. The summed E-state index contributed by atoms with van der Waals surface area (Å²) in [4.78, 5) is 16.1. The van der Waals surface area contributed by atoms with Crippen LogP contribution < -0.4 is 4.74 Å². The molecule has 0 spiro atoms. The van der Waals surface area contributed by atoms with E-state index in [2.05, 4.69) is 4.98 Å². The van der Waals surface area contributed by atoms with E-state index >= 15 is 0 Å². The van der Waals surface area contributed by atoms with Crippen LogP contribution in [0.2, 0.25) is 0 Å². The van der Waals surface area contributed by atoms with E-state index < -0.39 is 0 Å². The van der Waals surface area contributed by atoms with Crippen LogP contribution in [0.4, 0.5) is 0 Å². The fraction of sp³-hybridized carbons (Fsp3) is 0.200. The van der Waals surface area contributed by atoms with Gasteiger partial charge in [-0.3, -0.25) is 9.78 Å². The minimum Gasteiger partial charge on any atom is -0.495 e. The van der Waals surface area contributed by atoms with Crippen LogP contribution in [0, 0.1) is 0 Å². The Morgan fingerprint density at radius 2 is 1.94 bits per heavy atom. The van der Waals surface area contributed by atoms with Crippen molar-refractivity contribution in [1.82, 2.24) is 4.98 Å². The van der Waals surface area contributed by atoms with Crippen molar-refractivity contribution < 1.29 is 9.53 Å². The van der Waals surface area contributed by atoms with E-state index in [1.807, 2.05) is 30.3 Å². The third-order valence-electron chi connectivity index (χ3n) is 3.33. The number of Topliss-reactive ketones (excluding diaryl/α,β-unsaturated/α-hetero) is 1. The van der Waals surface area contributed by atoms with Gasteiger partial charge in [0.15, 0.2) is 5.78 Å². The van der Waals surface area contributed by atoms with E-state index in [4.69, 9.17) is 4.74 Å². The van der Waals surface area contributed by atoms with Gasteiger partial charge in [-0.25, -0.2) is 0 Å². The molecule has 0 amide bonds. The van der Waals surface area contributed by atoms with E-state index in [1.165, 1.54) is 0 Å². The Hall–Kier alpha value is -2.16. The van der Waals surface area contributed by atoms with E-state index in [1.54, 1.807) is 13.3 Å². The molecular weight excluding hydrogens is 226 g/mol. The van der Waals surface area contributed by atoms with E-state index in [-0.39, 0.29) is 5.78 Å². The maximum atomic E-state index is 11.7. The van der Waals surface area contributed by atoms with Crippen LogP contribution in [0.1, 0.15) is 22.3 Å². The second-order valence-corrected chi connectivity index (χ2v) is 4.34. The summed E-state index contributed by atoms with van der Waals surface area (Å²) in [5.74, 6) is 0.975. The van der Waals surface area contributed by atoms with Gasteiger partial charge in [0, 0.05) is 17.5 Å². The van der Waals surface area contributed by atoms with Crippen molar-refractivity contribution in [2.24, 2.45) is 0 Å². The van der Waals surface area contributed by atoms with Crippen LogP contribution in [0.15, 0.2) is 36.5 Å². The van der Waals surface area contributed by atoms with Gasteiger partial charge in [-0.1, -0.05) is 18.2 Å². The highest BCUT2D eigenvalue weighted by atomic mass is 16.5. The molecule has 0 N–H and O–H groups in total. The Labute approximate surface area is 105 Å². The van der Waals surface area contributed by atoms with E-state index in [9.17, 15) is 4.79 Å². The number of hydrogen-bond acceptors (Lipinski definition) is 3. The first-order chi connectivity index (χ1) is 8.79. The molecule has 3 heteroatoms. The lowest BCUT2D eigenvalue weighted by molar-refractivity contribution is 0.0994. The molecule has 0 atom stereocenters. The average Bonchev–Trinajstić information content (AvgIpc) is 2.81. The first kappa shape index (κ1) is 11.0. The van der Waals surface area contributed by atoms with Gasteiger partial charge < -0.3 is 4.74 Å². The van der Waals surface area contributed by atoms with Crippen molar-refractivity contribution in [3.05, 3.63) is 47.7 Å². The number of carbonyl (C=O) groups excluding carboxylic acids is 1. The SMILES string of the molecule is COc1ccc(-c2cccc3c2CCC3=O)nc1. The van der Waals surface area contributed by atoms with Gasteiger partial charge in [-0.05, 0) is 24.1 Å². The summed E-state index contributed by atoms with van der Waals surface area (Å²) in [7, 11) is 1.62. The highest BCUT2D eigenvalue weighted by Gasteiger charge is 2.22. The minimum atomic E-state index is 0.236. The molecule has 0 fully saturated rings. The molecule has 0 unspecified atom stereocenters. The lowest BCUT2D eigenvalue weighted by atomic mass is 10.0. The number of ether oxygens (including phenoxy) is 1. The maximum absolute atomic E-state index is 11.7. The first-order valence-electron chi connectivity index (χ1n) is 5.95. The lowest BCUT2D eigenvalue weighted by Gasteiger charge is -2.07. The molecule has 3 rings (SSSR count). The fourth-order valence-corrected chi connectivity index (χ4v) is 2.39. The first-order valence-corrected chi connectivity index (χ1v) is 5.95. The predicted molar refractivity (Wildman–Crippen MR) is 68.9 cm³/mol. The van der Waals surface area contributed by atoms with Crippen molar-refractivity contribution in [2.45, 2.75) is 12.8 Å². The van der Waals surface area contributed by atoms with Crippen LogP contribution >= 0.6 is 0 Å². The number of hydrogen-bond donors (Lipinski definition) is 0. The van der Waals surface area contributed by atoms with Crippen molar-refractivity contribution in [3.8, 4) is 17.0 Å². The second kappa shape index (κ2) is 4.26. The zero-order chi connectivity index (χ0) is 12.5. The largest absolute Gasteiger partial charge is 0.495 e. The topological polar surface area (TPSA) is 39.2 Å². The number of benzene rings is 1. The summed E-state index contributed by atoms with van der Waals surface area (Å²) in [5, 5.41) is 0. The summed E-state index contributed by atoms with van der Waals surface area (Å²) in [5.41, 5.74) is 3.92. The van der Waals surface area contributed by atoms with Crippen LogP contribution in [0.25, 0.3) is 11.3 Å². The number of nitrogens with zero attached hydrogens (tertiary/aromatic N) is 1. The zero-order valence-electron chi connectivity index (χ0n) is 10.1. The van der Waals surface area contributed by atoms with Gasteiger partial charge in [0.05, 0.1) is 19.0 Å². The third-order valence-corrected chi connectivity index (χ3v) is 3.33. The smallest absolute Gasteiger partial charge is 0.163 e. The molecule has 1 aromatic carbocycles. The Bertz CT molecular complexity index is 602. The van der Waals surface area contributed by atoms with Gasteiger partial charge in [-0.2, -0.15) is 0 Å². The molecule has 2 aromatic rings. The van der Waals surface area contributed by atoms with E-state index in [0.29, 0.717) is 6.42 Å². The lowest BCUT2D eigenvalue weighted by Crippen LogP contribution is -1.93. The standard InChI is InChI=1S/C15H13NO2/c1-18-10-5-7-14(16-9-10)12-3-2-4-13-11(12)6-8-15(13)17/h2-5,7,9H,6,8H2,1H3. The molecule has 1 heterocycles. The summed E-state index contributed by atoms with van der Waals surface area (Å²) in [6.45, 7) is 0. The minimum absolute atomic E-state index is 0.236. The van der Waals surface area contributed by atoms with Crippen molar-refractivity contribution in [3.63, 3.8) is 0 Å². The number of aromatic nitrogens is 1. The van der Waals surface area contributed by atoms with Crippen molar-refractivity contribution >= 4 is 5.78 Å². The quantitative estimate of drug-likeness (QED) is 0.808. The molecule has 1 aliphatic rings. The van der Waals surface area contributed by atoms with Crippen LogP contribution in [-0.2, 0) is 6.42 Å². The molecule has 0 aliphatic heterocycles. The number of rotatable bonds is 2. The molecule has 0 bridgehead atoms. The molecule has 18 heavy (non-hydrogen) atoms. The van der Waals surface area contributed by atoms with Gasteiger partial charge in [-0.15, -0.1) is 0 Å². The second-order valence-electron chi connectivity index (χ2n) is 4.34. The Kier molecular flexibility index (Phi) is 2.59. The molecule has 90 valence electrons. The van der Waals surface area contributed by atoms with Crippen LogP contribution in [0.5, 0.6) is 5.75 Å². The molecule has 1 aromatic heterocycles. The zero-order valence-corrected chi connectivity index (χ0v) is 10.1. The molecule has 0 saturated heterocycles. The number of ketones is 1. The molecular formula is C15H13NO2. The highest BCUT2D eigenvalue weighted by molar-refractivity contribution is 6.02. The maximum Gasteiger partial charge on any atom is 0.163 e. The summed E-state index contributed by atoms with van der Waals surface area (Å²) in [6, 6.07) is 9.66. The summed E-state index contributed by atoms with van der Waals surface area (Å²) >= 11 is 0. The van der Waals surface area contributed by atoms with Crippen molar-refractivity contribution in [2.75, 3.05) is 7.11 Å². The third kappa shape index (κ3) is 1.68. The van der Waals surface area contributed by atoms with Gasteiger partial charge in [0.25, 0.3) is 0 Å². The Balaban J connectivity index is 2.09. The van der Waals surface area contributed by atoms with Gasteiger partial charge >= 0.3 is 0 Å². The van der Waals surface area contributed by atoms with Crippen LogP contribution in [0.3, 0.4) is 0 Å². The monoisotopic (exact) mass is 239 g/mol. The molecule has 0 saturated carbocycles. The number of fused-ring (bicyclic) bond motifs is 1. The number of carbonyl (C=O) groups is 1. The molecule has 3 nitrogen and oxygen atoms in total. The summed E-state index contributed by atoms with van der Waals surface area (Å²) < 4.78 is 5.10.